The van der Waals surface area contributed by atoms with Gasteiger partial charge >= 0.3 is 0 Å². The average Bonchev–Trinajstić information content (AvgIpc) is 3.04. The molecule has 176 valence electrons. The molecule has 4 fully saturated rings. The first-order valence-corrected chi connectivity index (χ1v) is 13.3. The predicted octanol–water partition coefficient (Wildman–Crippen LogP) is 6.00. The van der Waals surface area contributed by atoms with Crippen LogP contribution in [0.1, 0.15) is 86.0 Å². The molecule has 31 heavy (non-hydrogen) atoms. The standard InChI is InChI=1S/C28H46O3/c1-18(2)28(16-30-17-28)31-15-19(3)23-8-9-24-22-7-6-20-14-21(29)10-12-26(20,4)25(22)11-13-27(23,24)5/h6,18-19,21-25,29H,7-17H2,1-5H3/t19-,21+,22+,23-,24+,25+,26+,27-/m1/s1. The summed E-state index contributed by atoms with van der Waals surface area (Å²) in [5, 5.41) is 10.2. The molecule has 3 nitrogen and oxygen atoms in total. The molecule has 1 heterocycles. The normalized spacial score (nSPS) is 47.1. The Bertz CT molecular complexity index is 709. The second-order valence-electron chi connectivity index (χ2n) is 12.9. The molecule has 4 aliphatic carbocycles. The van der Waals surface area contributed by atoms with Crippen molar-refractivity contribution >= 4 is 0 Å². The van der Waals surface area contributed by atoms with Crippen LogP contribution in [0.5, 0.6) is 0 Å². The summed E-state index contributed by atoms with van der Waals surface area (Å²) in [6.45, 7) is 14.6. The Hall–Kier alpha value is -0.380. The molecule has 0 aromatic carbocycles. The molecule has 3 saturated carbocycles. The molecule has 0 aromatic heterocycles. The zero-order chi connectivity index (χ0) is 22.0. The van der Waals surface area contributed by atoms with E-state index in [4.69, 9.17) is 9.47 Å². The first kappa shape index (κ1) is 22.4. The van der Waals surface area contributed by atoms with Gasteiger partial charge in [0.15, 0.2) is 0 Å². The Morgan fingerprint density at radius 2 is 1.84 bits per heavy atom. The molecule has 0 bridgehead atoms. The molecule has 0 aromatic rings. The van der Waals surface area contributed by atoms with Gasteiger partial charge in [0, 0.05) is 0 Å². The van der Waals surface area contributed by atoms with Crippen LogP contribution >= 0.6 is 0 Å². The second kappa shape index (κ2) is 7.84. The van der Waals surface area contributed by atoms with Crippen LogP contribution in [0, 0.1) is 46.3 Å². The number of aliphatic hydroxyl groups excluding tert-OH is 1. The lowest BCUT2D eigenvalue weighted by molar-refractivity contribution is -0.238. The smallest absolute Gasteiger partial charge is 0.117 e. The topological polar surface area (TPSA) is 38.7 Å². The van der Waals surface area contributed by atoms with Gasteiger partial charge in [-0.05, 0) is 97.7 Å². The van der Waals surface area contributed by atoms with Crippen LogP contribution in [-0.4, -0.2) is 36.6 Å². The van der Waals surface area contributed by atoms with E-state index in [1.165, 1.54) is 38.5 Å². The van der Waals surface area contributed by atoms with Gasteiger partial charge in [-0.25, -0.2) is 0 Å². The molecular formula is C28H46O3. The van der Waals surface area contributed by atoms with Crippen molar-refractivity contribution in [2.75, 3.05) is 19.8 Å². The minimum Gasteiger partial charge on any atom is -0.393 e. The molecule has 1 aliphatic heterocycles. The van der Waals surface area contributed by atoms with Crippen molar-refractivity contribution in [3.8, 4) is 0 Å². The molecule has 8 atom stereocenters. The number of allylic oxidation sites excluding steroid dienone is 1. The second-order valence-corrected chi connectivity index (χ2v) is 12.9. The van der Waals surface area contributed by atoms with Crippen molar-refractivity contribution in [1.82, 2.24) is 0 Å². The first-order valence-electron chi connectivity index (χ1n) is 13.3. The lowest BCUT2D eigenvalue weighted by atomic mass is 9.47. The van der Waals surface area contributed by atoms with Crippen molar-refractivity contribution in [1.29, 1.82) is 0 Å². The molecule has 3 heteroatoms. The van der Waals surface area contributed by atoms with Crippen LogP contribution in [0.3, 0.4) is 0 Å². The number of fused-ring (bicyclic) bond motifs is 5. The third-order valence-corrected chi connectivity index (χ3v) is 11.2. The third-order valence-electron chi connectivity index (χ3n) is 11.2. The van der Waals surface area contributed by atoms with Crippen molar-refractivity contribution in [3.05, 3.63) is 11.6 Å². The van der Waals surface area contributed by atoms with Crippen LogP contribution in [0.4, 0.5) is 0 Å². The maximum absolute atomic E-state index is 10.2. The van der Waals surface area contributed by atoms with Gasteiger partial charge in [0.2, 0.25) is 0 Å². The molecule has 1 N–H and O–H groups in total. The van der Waals surface area contributed by atoms with Gasteiger partial charge in [0.05, 0.1) is 25.9 Å². The molecule has 0 radical (unpaired) electrons. The predicted molar refractivity (Wildman–Crippen MR) is 125 cm³/mol. The van der Waals surface area contributed by atoms with Crippen LogP contribution in [-0.2, 0) is 9.47 Å². The van der Waals surface area contributed by atoms with Crippen LogP contribution < -0.4 is 0 Å². The quantitative estimate of drug-likeness (QED) is 0.543. The minimum atomic E-state index is -0.100. The van der Waals surface area contributed by atoms with Crippen molar-refractivity contribution < 1.29 is 14.6 Å². The lowest BCUT2D eigenvalue weighted by Gasteiger charge is -2.58. The fourth-order valence-electron chi connectivity index (χ4n) is 8.92. The molecule has 0 spiro atoms. The maximum Gasteiger partial charge on any atom is 0.117 e. The highest BCUT2D eigenvalue weighted by Gasteiger charge is 2.59. The number of hydrogen-bond acceptors (Lipinski definition) is 3. The van der Waals surface area contributed by atoms with E-state index in [1.807, 2.05) is 0 Å². The van der Waals surface area contributed by atoms with Gasteiger partial charge in [0.25, 0.3) is 0 Å². The molecule has 0 amide bonds. The van der Waals surface area contributed by atoms with Crippen molar-refractivity contribution in [2.24, 2.45) is 46.3 Å². The molecule has 5 rings (SSSR count). The summed E-state index contributed by atoms with van der Waals surface area (Å²) >= 11 is 0. The van der Waals surface area contributed by atoms with Gasteiger partial charge in [0.1, 0.15) is 5.60 Å². The highest BCUT2D eigenvalue weighted by molar-refractivity contribution is 5.25. The number of ether oxygens (including phenoxy) is 2. The van der Waals surface area contributed by atoms with E-state index in [1.54, 1.807) is 5.57 Å². The Morgan fingerprint density at radius 3 is 2.52 bits per heavy atom. The van der Waals surface area contributed by atoms with Gasteiger partial charge in [-0.2, -0.15) is 0 Å². The monoisotopic (exact) mass is 430 g/mol. The summed E-state index contributed by atoms with van der Waals surface area (Å²) in [5.41, 5.74) is 2.38. The fraction of sp³-hybridized carbons (Fsp3) is 0.929. The van der Waals surface area contributed by atoms with E-state index in [0.717, 1.165) is 56.3 Å². The van der Waals surface area contributed by atoms with Crippen LogP contribution in [0.2, 0.25) is 0 Å². The summed E-state index contributed by atoms with van der Waals surface area (Å²) in [6.07, 6.45) is 12.4. The Balaban J connectivity index is 1.30. The number of aliphatic hydroxyl groups is 1. The highest BCUT2D eigenvalue weighted by atomic mass is 16.6. The number of rotatable bonds is 5. The van der Waals surface area contributed by atoms with E-state index in [2.05, 4.69) is 40.7 Å². The van der Waals surface area contributed by atoms with E-state index in [0.29, 0.717) is 22.7 Å². The number of hydrogen-bond donors (Lipinski definition) is 1. The summed E-state index contributed by atoms with van der Waals surface area (Å²) < 4.78 is 12.1. The van der Waals surface area contributed by atoms with Gasteiger partial charge in [-0.1, -0.05) is 46.3 Å². The maximum atomic E-state index is 10.2. The Kier molecular flexibility index (Phi) is 5.67. The van der Waals surface area contributed by atoms with Crippen LogP contribution in [0.15, 0.2) is 11.6 Å². The summed E-state index contributed by atoms with van der Waals surface area (Å²) in [5.74, 6) is 4.48. The van der Waals surface area contributed by atoms with E-state index in [9.17, 15) is 5.11 Å². The first-order chi connectivity index (χ1) is 14.7. The fourth-order valence-corrected chi connectivity index (χ4v) is 8.92. The minimum absolute atomic E-state index is 0.0322. The van der Waals surface area contributed by atoms with Crippen LogP contribution in [0.25, 0.3) is 0 Å². The summed E-state index contributed by atoms with van der Waals surface area (Å²) in [4.78, 5) is 0. The molecule has 5 aliphatic rings. The molecule has 1 saturated heterocycles. The summed E-state index contributed by atoms with van der Waals surface area (Å²) in [7, 11) is 0. The van der Waals surface area contributed by atoms with Gasteiger partial charge in [-0.15, -0.1) is 0 Å². The van der Waals surface area contributed by atoms with E-state index >= 15 is 0 Å². The lowest BCUT2D eigenvalue weighted by Crippen LogP contribution is -2.56. The van der Waals surface area contributed by atoms with Crippen molar-refractivity contribution in [3.63, 3.8) is 0 Å². The van der Waals surface area contributed by atoms with E-state index in [-0.39, 0.29) is 11.7 Å². The largest absolute Gasteiger partial charge is 0.393 e. The van der Waals surface area contributed by atoms with E-state index < -0.39 is 0 Å². The average molecular weight is 431 g/mol. The van der Waals surface area contributed by atoms with Crippen molar-refractivity contribution in [2.45, 2.75) is 97.7 Å². The SMILES string of the molecule is CC(C)C1(OC[C@@H](C)[C@H]2CC[C@H]3[C@@H]4CC=C5C[C@@H](O)CC[C@]5(C)[C@H]4CC[C@]23C)COC1. The Morgan fingerprint density at radius 1 is 1.06 bits per heavy atom. The molecular weight excluding hydrogens is 384 g/mol. The summed E-state index contributed by atoms with van der Waals surface area (Å²) in [6, 6.07) is 0. The van der Waals surface area contributed by atoms with Gasteiger partial charge in [-0.3, -0.25) is 0 Å². The zero-order valence-electron chi connectivity index (χ0n) is 20.7. The molecule has 0 unspecified atom stereocenters. The Labute approximate surface area is 190 Å². The van der Waals surface area contributed by atoms with Gasteiger partial charge < -0.3 is 14.6 Å². The third kappa shape index (κ3) is 3.39. The highest BCUT2D eigenvalue weighted by Crippen LogP contribution is 2.67. The zero-order valence-corrected chi connectivity index (χ0v) is 20.7.